The molecule has 0 radical (unpaired) electrons. The zero-order chi connectivity index (χ0) is 13.2. The number of nitrogens with one attached hydrogen (secondary N) is 1. The van der Waals surface area contributed by atoms with E-state index in [1.807, 2.05) is 0 Å². The standard InChI is InChI=1S/C13H23NO3S/c1-18(16,17)11-6-4-5-10(9-11)13(15)12-7-2-3-8-14-12/h10-12,14H,2-9H2,1H3. The number of Topliss-reactive ketones (excluding diaryl/α,β-unsaturated/α-hetero) is 1. The summed E-state index contributed by atoms with van der Waals surface area (Å²) in [5, 5.41) is 2.97. The van der Waals surface area contributed by atoms with Crippen LogP contribution in [0, 0.1) is 5.92 Å². The van der Waals surface area contributed by atoms with Gasteiger partial charge in [0.25, 0.3) is 0 Å². The van der Waals surface area contributed by atoms with Gasteiger partial charge in [0.15, 0.2) is 5.78 Å². The summed E-state index contributed by atoms with van der Waals surface area (Å²) in [5.74, 6) is 0.206. The molecule has 5 heteroatoms. The van der Waals surface area contributed by atoms with Gasteiger partial charge >= 0.3 is 0 Å². The topological polar surface area (TPSA) is 63.2 Å². The number of hydrogen-bond donors (Lipinski definition) is 1. The molecule has 0 amide bonds. The highest BCUT2D eigenvalue weighted by Crippen LogP contribution is 2.30. The second-order valence-corrected chi connectivity index (χ2v) is 8.05. The van der Waals surface area contributed by atoms with Crippen LogP contribution in [0.1, 0.15) is 44.9 Å². The molecule has 0 spiro atoms. The molecule has 3 atom stereocenters. The van der Waals surface area contributed by atoms with Crippen molar-refractivity contribution in [1.29, 1.82) is 0 Å². The van der Waals surface area contributed by atoms with Gasteiger partial charge in [0.05, 0.1) is 11.3 Å². The second-order valence-electron chi connectivity index (χ2n) is 5.72. The molecule has 1 aliphatic heterocycles. The third kappa shape index (κ3) is 3.32. The number of piperidine rings is 1. The molecule has 2 fully saturated rings. The maximum absolute atomic E-state index is 12.4. The first-order valence-corrected chi connectivity index (χ1v) is 8.90. The molecular formula is C13H23NO3S. The fraction of sp³-hybridized carbons (Fsp3) is 0.923. The van der Waals surface area contributed by atoms with E-state index in [9.17, 15) is 13.2 Å². The van der Waals surface area contributed by atoms with E-state index >= 15 is 0 Å². The first kappa shape index (κ1) is 14.0. The highest BCUT2D eigenvalue weighted by molar-refractivity contribution is 7.91. The minimum Gasteiger partial charge on any atom is -0.307 e. The van der Waals surface area contributed by atoms with Crippen molar-refractivity contribution >= 4 is 15.6 Å². The number of carbonyl (C=O) groups is 1. The molecule has 1 heterocycles. The lowest BCUT2D eigenvalue weighted by Crippen LogP contribution is -2.45. The fourth-order valence-corrected chi connectivity index (χ4v) is 4.35. The lowest BCUT2D eigenvalue weighted by molar-refractivity contribution is -0.126. The highest BCUT2D eigenvalue weighted by Gasteiger charge is 2.35. The molecule has 1 saturated heterocycles. The van der Waals surface area contributed by atoms with Gasteiger partial charge < -0.3 is 5.32 Å². The molecule has 18 heavy (non-hydrogen) atoms. The Labute approximate surface area is 109 Å². The molecule has 2 aliphatic rings. The van der Waals surface area contributed by atoms with Crippen molar-refractivity contribution in [2.24, 2.45) is 5.92 Å². The Balaban J connectivity index is 1.97. The summed E-state index contributed by atoms with van der Waals surface area (Å²) >= 11 is 0. The Bertz CT molecular complexity index is 398. The van der Waals surface area contributed by atoms with E-state index in [4.69, 9.17) is 0 Å². The highest BCUT2D eigenvalue weighted by atomic mass is 32.2. The molecule has 104 valence electrons. The van der Waals surface area contributed by atoms with Crippen LogP contribution in [0.2, 0.25) is 0 Å². The molecule has 0 bridgehead atoms. The normalized spacial score (nSPS) is 34.2. The summed E-state index contributed by atoms with van der Waals surface area (Å²) in [6.45, 7) is 0.915. The van der Waals surface area contributed by atoms with Gasteiger partial charge in [-0.25, -0.2) is 8.42 Å². The smallest absolute Gasteiger partial charge is 0.152 e. The third-order valence-electron chi connectivity index (χ3n) is 4.29. The van der Waals surface area contributed by atoms with Gasteiger partial charge in [-0.1, -0.05) is 12.8 Å². The van der Waals surface area contributed by atoms with Crippen molar-refractivity contribution in [3.05, 3.63) is 0 Å². The quantitative estimate of drug-likeness (QED) is 0.842. The lowest BCUT2D eigenvalue weighted by atomic mass is 9.82. The maximum Gasteiger partial charge on any atom is 0.152 e. The van der Waals surface area contributed by atoms with Crippen LogP contribution in [-0.2, 0) is 14.6 Å². The molecule has 1 aliphatic carbocycles. The van der Waals surface area contributed by atoms with Gasteiger partial charge in [-0.15, -0.1) is 0 Å². The van der Waals surface area contributed by atoms with E-state index in [0.717, 1.165) is 45.1 Å². The van der Waals surface area contributed by atoms with Gasteiger partial charge in [-0.3, -0.25) is 4.79 Å². The van der Waals surface area contributed by atoms with E-state index in [-0.39, 0.29) is 23.0 Å². The molecule has 0 aromatic carbocycles. The van der Waals surface area contributed by atoms with E-state index in [2.05, 4.69) is 5.32 Å². The number of rotatable bonds is 3. The minimum atomic E-state index is -3.00. The number of hydrogen-bond acceptors (Lipinski definition) is 4. The van der Waals surface area contributed by atoms with Crippen LogP contribution in [0.3, 0.4) is 0 Å². The number of sulfone groups is 1. The molecule has 4 nitrogen and oxygen atoms in total. The van der Waals surface area contributed by atoms with Crippen LogP contribution in [0.25, 0.3) is 0 Å². The summed E-state index contributed by atoms with van der Waals surface area (Å²) in [4.78, 5) is 12.4. The van der Waals surface area contributed by atoms with Gasteiger partial charge in [0.2, 0.25) is 0 Å². The fourth-order valence-electron chi connectivity index (χ4n) is 3.17. The zero-order valence-corrected chi connectivity index (χ0v) is 11.8. The van der Waals surface area contributed by atoms with Crippen molar-refractivity contribution in [3.63, 3.8) is 0 Å². The third-order valence-corrected chi connectivity index (χ3v) is 5.93. The lowest BCUT2D eigenvalue weighted by Gasteiger charge is -2.31. The maximum atomic E-state index is 12.4. The summed E-state index contributed by atoms with van der Waals surface area (Å²) in [6.07, 6.45) is 7.44. The first-order chi connectivity index (χ1) is 8.48. The van der Waals surface area contributed by atoms with Crippen LogP contribution in [0.5, 0.6) is 0 Å². The summed E-state index contributed by atoms with van der Waals surface area (Å²) in [5.41, 5.74) is 0. The molecule has 0 aromatic rings. The van der Waals surface area contributed by atoms with Crippen molar-refractivity contribution < 1.29 is 13.2 Å². The van der Waals surface area contributed by atoms with E-state index < -0.39 is 9.84 Å². The number of ketones is 1. The van der Waals surface area contributed by atoms with E-state index in [1.165, 1.54) is 6.26 Å². The summed E-state index contributed by atoms with van der Waals surface area (Å²) < 4.78 is 23.2. The largest absolute Gasteiger partial charge is 0.307 e. The Hall–Kier alpha value is -0.420. The monoisotopic (exact) mass is 273 g/mol. The van der Waals surface area contributed by atoms with Crippen molar-refractivity contribution in [2.75, 3.05) is 12.8 Å². The molecule has 0 aromatic heterocycles. The Morgan fingerprint density at radius 3 is 2.50 bits per heavy atom. The van der Waals surface area contributed by atoms with Crippen LogP contribution in [-0.4, -0.2) is 38.3 Å². The summed E-state index contributed by atoms with van der Waals surface area (Å²) in [6, 6.07) is -0.0259. The molecule has 3 unspecified atom stereocenters. The average Bonchev–Trinajstić information content (AvgIpc) is 2.38. The molecule has 1 saturated carbocycles. The SMILES string of the molecule is CS(=O)(=O)C1CCCC(C(=O)C2CCCCN2)C1. The average molecular weight is 273 g/mol. The van der Waals surface area contributed by atoms with Crippen molar-refractivity contribution in [2.45, 2.75) is 56.2 Å². The molecule has 2 rings (SSSR count). The number of carbonyl (C=O) groups excluding carboxylic acids is 1. The molecular weight excluding hydrogens is 250 g/mol. The van der Waals surface area contributed by atoms with E-state index in [0.29, 0.717) is 6.42 Å². The van der Waals surface area contributed by atoms with Crippen LogP contribution < -0.4 is 5.32 Å². The van der Waals surface area contributed by atoms with E-state index in [1.54, 1.807) is 0 Å². The predicted octanol–water partition coefficient (Wildman–Crippen LogP) is 1.30. The van der Waals surface area contributed by atoms with Crippen molar-refractivity contribution in [3.8, 4) is 0 Å². The van der Waals surface area contributed by atoms with Gasteiger partial charge in [-0.05, 0) is 38.6 Å². The Morgan fingerprint density at radius 1 is 1.11 bits per heavy atom. The second kappa shape index (κ2) is 5.70. The van der Waals surface area contributed by atoms with Gasteiger partial charge in [0.1, 0.15) is 9.84 Å². The first-order valence-electron chi connectivity index (χ1n) is 6.94. The Morgan fingerprint density at radius 2 is 1.89 bits per heavy atom. The predicted molar refractivity (Wildman–Crippen MR) is 71.2 cm³/mol. The minimum absolute atomic E-state index is 0.0259. The van der Waals surface area contributed by atoms with Gasteiger partial charge in [-0.2, -0.15) is 0 Å². The van der Waals surface area contributed by atoms with Crippen LogP contribution >= 0.6 is 0 Å². The van der Waals surface area contributed by atoms with Gasteiger partial charge in [0, 0.05) is 12.2 Å². The summed E-state index contributed by atoms with van der Waals surface area (Å²) in [7, 11) is -3.00. The molecule has 1 N–H and O–H groups in total. The van der Waals surface area contributed by atoms with Crippen molar-refractivity contribution in [1.82, 2.24) is 5.32 Å². The zero-order valence-electron chi connectivity index (χ0n) is 11.0. The van der Waals surface area contributed by atoms with Crippen LogP contribution in [0.4, 0.5) is 0 Å². The van der Waals surface area contributed by atoms with Crippen LogP contribution in [0.15, 0.2) is 0 Å². The Kier molecular flexibility index (Phi) is 4.43.